The largest absolute Gasteiger partial charge is 0.486 e. The third kappa shape index (κ3) is 4.74. The van der Waals surface area contributed by atoms with Gasteiger partial charge in [0.05, 0.1) is 24.5 Å². The number of benzene rings is 2. The fraction of sp³-hybridized carbons (Fsp3) is 0.318. The number of aromatic nitrogens is 2. The van der Waals surface area contributed by atoms with Gasteiger partial charge in [-0.1, -0.05) is 11.2 Å². The third-order valence-electron chi connectivity index (χ3n) is 5.37. The monoisotopic (exact) mass is 486 g/mol. The number of rotatable bonds is 6. The number of carbonyl (C=O) groups excluding carboxylic acids is 1. The van der Waals surface area contributed by atoms with E-state index in [9.17, 15) is 13.2 Å². The van der Waals surface area contributed by atoms with E-state index in [0.717, 1.165) is 5.56 Å². The highest BCUT2D eigenvalue weighted by atomic mass is 32.2. The van der Waals surface area contributed by atoms with Crippen LogP contribution in [0.4, 0.5) is 6.01 Å². The summed E-state index contributed by atoms with van der Waals surface area (Å²) in [6.45, 7) is 2.34. The van der Waals surface area contributed by atoms with E-state index in [1.807, 2.05) is 18.2 Å². The lowest BCUT2D eigenvalue weighted by Crippen LogP contribution is -2.40. The van der Waals surface area contributed by atoms with Crippen molar-refractivity contribution >= 4 is 21.9 Å². The standard InChI is InChI=1S/C22H22N4O7S/c27-21(16-2-4-17(5-3-16)34(28,29)26-7-9-30-10-8-26)23-22-25-24-20(33-22)14-15-1-6-18-19(13-15)32-12-11-31-18/h1-6,13H,7-12,14H2,(H,23,25,27). The van der Waals surface area contributed by atoms with Crippen molar-refractivity contribution < 1.29 is 31.8 Å². The number of nitrogens with zero attached hydrogens (tertiary/aromatic N) is 3. The topological polar surface area (TPSA) is 133 Å². The van der Waals surface area contributed by atoms with Gasteiger partial charge in [0.25, 0.3) is 5.91 Å². The molecule has 1 amide bonds. The van der Waals surface area contributed by atoms with Crippen LogP contribution < -0.4 is 14.8 Å². The molecule has 0 radical (unpaired) electrons. The number of amides is 1. The lowest BCUT2D eigenvalue weighted by molar-refractivity contribution is 0.0730. The van der Waals surface area contributed by atoms with Crippen LogP contribution in [-0.4, -0.2) is 68.3 Å². The van der Waals surface area contributed by atoms with Crippen molar-refractivity contribution in [2.45, 2.75) is 11.3 Å². The maximum atomic E-state index is 12.7. The van der Waals surface area contributed by atoms with Crippen LogP contribution in [0.1, 0.15) is 21.8 Å². The number of ether oxygens (including phenoxy) is 3. The molecular formula is C22H22N4O7S. The van der Waals surface area contributed by atoms with Gasteiger partial charge < -0.3 is 18.6 Å². The Morgan fingerprint density at radius 3 is 2.44 bits per heavy atom. The molecule has 0 atom stereocenters. The summed E-state index contributed by atoms with van der Waals surface area (Å²) in [6.07, 6.45) is 0.355. The van der Waals surface area contributed by atoms with Gasteiger partial charge in [-0.25, -0.2) is 8.42 Å². The number of sulfonamides is 1. The van der Waals surface area contributed by atoms with Gasteiger partial charge in [0.15, 0.2) is 11.5 Å². The molecule has 2 aliphatic rings. The average molecular weight is 487 g/mol. The van der Waals surface area contributed by atoms with Crippen molar-refractivity contribution in [3.8, 4) is 11.5 Å². The second-order valence-corrected chi connectivity index (χ2v) is 9.59. The summed E-state index contributed by atoms with van der Waals surface area (Å²) >= 11 is 0. The van der Waals surface area contributed by atoms with E-state index < -0.39 is 15.9 Å². The van der Waals surface area contributed by atoms with Gasteiger partial charge in [-0.05, 0) is 42.0 Å². The van der Waals surface area contributed by atoms with Gasteiger partial charge in [0.2, 0.25) is 15.9 Å². The van der Waals surface area contributed by atoms with Crippen LogP contribution >= 0.6 is 0 Å². The molecule has 1 N–H and O–H groups in total. The molecule has 3 heterocycles. The number of anilines is 1. The van der Waals surface area contributed by atoms with E-state index >= 15 is 0 Å². The van der Waals surface area contributed by atoms with Crippen molar-refractivity contribution in [1.82, 2.24) is 14.5 Å². The second kappa shape index (κ2) is 9.41. The first-order valence-electron chi connectivity index (χ1n) is 10.7. The predicted molar refractivity (Wildman–Crippen MR) is 119 cm³/mol. The molecule has 5 rings (SSSR count). The lowest BCUT2D eigenvalue weighted by Gasteiger charge is -2.26. The fourth-order valence-corrected chi connectivity index (χ4v) is 5.04. The molecule has 0 bridgehead atoms. The zero-order chi connectivity index (χ0) is 23.5. The van der Waals surface area contributed by atoms with E-state index in [1.165, 1.54) is 28.6 Å². The van der Waals surface area contributed by atoms with Gasteiger partial charge in [-0.3, -0.25) is 10.1 Å². The summed E-state index contributed by atoms with van der Waals surface area (Å²) in [5.74, 6) is 1.18. The Morgan fingerprint density at radius 1 is 0.941 bits per heavy atom. The lowest BCUT2D eigenvalue weighted by atomic mass is 10.1. The molecule has 34 heavy (non-hydrogen) atoms. The zero-order valence-electron chi connectivity index (χ0n) is 18.1. The average Bonchev–Trinajstić information content (AvgIpc) is 3.31. The third-order valence-corrected chi connectivity index (χ3v) is 7.29. The van der Waals surface area contributed by atoms with Gasteiger partial charge in [-0.15, -0.1) is 5.10 Å². The summed E-state index contributed by atoms with van der Waals surface area (Å²) in [6, 6.07) is 11.2. The smallest absolute Gasteiger partial charge is 0.322 e. The molecule has 0 saturated carbocycles. The maximum absolute atomic E-state index is 12.7. The number of fused-ring (bicyclic) bond motifs is 1. The van der Waals surface area contributed by atoms with Crippen molar-refractivity contribution in [3.63, 3.8) is 0 Å². The summed E-state index contributed by atoms with van der Waals surface area (Å²) in [4.78, 5) is 12.7. The first kappa shape index (κ1) is 22.3. The normalized spacial score (nSPS) is 16.2. The number of hydrogen-bond donors (Lipinski definition) is 1. The van der Waals surface area contributed by atoms with Crippen molar-refractivity contribution in [2.75, 3.05) is 44.8 Å². The van der Waals surface area contributed by atoms with Crippen LogP contribution in [0.15, 0.2) is 51.8 Å². The van der Waals surface area contributed by atoms with Crippen LogP contribution in [0.25, 0.3) is 0 Å². The molecule has 11 nitrogen and oxygen atoms in total. The molecule has 178 valence electrons. The first-order chi connectivity index (χ1) is 16.5. The minimum atomic E-state index is -3.63. The highest BCUT2D eigenvalue weighted by Crippen LogP contribution is 2.31. The highest BCUT2D eigenvalue weighted by Gasteiger charge is 2.26. The minimum absolute atomic E-state index is 0.0532. The fourth-order valence-electron chi connectivity index (χ4n) is 3.63. The molecule has 12 heteroatoms. The molecule has 2 aliphatic heterocycles. The second-order valence-electron chi connectivity index (χ2n) is 7.65. The van der Waals surface area contributed by atoms with Crippen molar-refractivity contribution in [3.05, 3.63) is 59.5 Å². The molecule has 0 spiro atoms. The summed E-state index contributed by atoms with van der Waals surface area (Å²) in [5, 5.41) is 10.4. The number of carbonyl (C=O) groups is 1. The molecule has 0 unspecified atom stereocenters. The highest BCUT2D eigenvalue weighted by molar-refractivity contribution is 7.89. The van der Waals surface area contributed by atoms with Gasteiger partial charge in [-0.2, -0.15) is 4.31 Å². The Balaban J connectivity index is 1.22. The quantitative estimate of drug-likeness (QED) is 0.553. The minimum Gasteiger partial charge on any atom is -0.486 e. The number of nitrogens with one attached hydrogen (secondary N) is 1. The van der Waals surface area contributed by atoms with Gasteiger partial charge >= 0.3 is 6.01 Å². The molecule has 0 aliphatic carbocycles. The van der Waals surface area contributed by atoms with Crippen LogP contribution in [0.5, 0.6) is 11.5 Å². The predicted octanol–water partition coefficient (Wildman–Crippen LogP) is 1.70. The van der Waals surface area contributed by atoms with Crippen LogP contribution in [0.2, 0.25) is 0 Å². The first-order valence-corrected chi connectivity index (χ1v) is 12.1. The summed E-state index contributed by atoms with van der Waals surface area (Å²) in [5.41, 5.74) is 1.15. The molecule has 3 aromatic rings. The molecule has 1 saturated heterocycles. The molecule has 1 fully saturated rings. The summed E-state index contributed by atoms with van der Waals surface area (Å²) < 4.78 is 48.6. The Bertz CT molecular complexity index is 1280. The van der Waals surface area contributed by atoms with Gasteiger partial charge in [0, 0.05) is 18.7 Å². The molecular weight excluding hydrogens is 464 g/mol. The van der Waals surface area contributed by atoms with E-state index in [0.29, 0.717) is 63.3 Å². The van der Waals surface area contributed by atoms with Crippen LogP contribution in [0.3, 0.4) is 0 Å². The van der Waals surface area contributed by atoms with E-state index in [4.69, 9.17) is 18.6 Å². The molecule has 1 aromatic heterocycles. The number of morpholine rings is 1. The van der Waals surface area contributed by atoms with Crippen LogP contribution in [0, 0.1) is 0 Å². The van der Waals surface area contributed by atoms with Crippen molar-refractivity contribution in [2.24, 2.45) is 0 Å². The Kier molecular flexibility index (Phi) is 6.18. The SMILES string of the molecule is O=C(Nc1nnc(Cc2ccc3c(c2)OCCO3)o1)c1ccc(S(=O)(=O)N2CCOCC2)cc1. The van der Waals surface area contributed by atoms with E-state index in [1.54, 1.807) is 0 Å². The maximum Gasteiger partial charge on any atom is 0.322 e. The Morgan fingerprint density at radius 2 is 1.68 bits per heavy atom. The summed E-state index contributed by atoms with van der Waals surface area (Å²) in [7, 11) is -3.63. The Hall–Kier alpha value is -3.48. The van der Waals surface area contributed by atoms with Crippen molar-refractivity contribution in [1.29, 1.82) is 0 Å². The number of hydrogen-bond acceptors (Lipinski definition) is 9. The molecule has 2 aromatic carbocycles. The zero-order valence-corrected chi connectivity index (χ0v) is 18.9. The van der Waals surface area contributed by atoms with Gasteiger partial charge in [0.1, 0.15) is 13.2 Å². The van der Waals surface area contributed by atoms with E-state index in [-0.39, 0.29) is 16.5 Å². The van der Waals surface area contributed by atoms with Crippen LogP contribution in [-0.2, 0) is 21.2 Å². The van der Waals surface area contributed by atoms with E-state index in [2.05, 4.69) is 15.5 Å². The Labute approximate surface area is 195 Å².